The van der Waals surface area contributed by atoms with Crippen molar-refractivity contribution in [3.63, 3.8) is 0 Å². The van der Waals surface area contributed by atoms with Crippen LogP contribution in [-0.2, 0) is 26.2 Å². The number of carbonyl (C=O) groups excluding carboxylic acids is 7. The van der Waals surface area contributed by atoms with Crippen molar-refractivity contribution in [1.82, 2.24) is 56.7 Å². The summed E-state index contributed by atoms with van der Waals surface area (Å²) in [6.07, 6.45) is 9.82. The number of sulfonamides is 1. The van der Waals surface area contributed by atoms with Crippen LogP contribution in [0.2, 0.25) is 0 Å². The summed E-state index contributed by atoms with van der Waals surface area (Å²) in [6, 6.07) is 15.8. The molecule has 5 heterocycles. The second-order valence-electron chi connectivity index (χ2n) is 22.8. The Balaban J connectivity index is 0.879. The maximum Gasteiger partial charge on any atom is 0.404 e. The van der Waals surface area contributed by atoms with E-state index < -0.39 is 39.7 Å². The third-order valence-corrected chi connectivity index (χ3v) is 21.0. The zero-order valence-corrected chi connectivity index (χ0v) is 52.3. The zero-order valence-electron chi connectivity index (χ0n) is 49.9. The number of halogens is 1. The minimum atomic E-state index is -3.88. The highest BCUT2D eigenvalue weighted by Crippen LogP contribution is 2.38. The summed E-state index contributed by atoms with van der Waals surface area (Å²) in [5.74, 6) is -0.479. The van der Waals surface area contributed by atoms with E-state index in [2.05, 4.69) is 53.2 Å². The third-order valence-electron chi connectivity index (χ3n) is 16.2. The van der Waals surface area contributed by atoms with Gasteiger partial charge in [0, 0.05) is 126 Å². The number of unbranched alkanes of at least 4 members (excludes halogenated alkanes) is 6. The molecule has 476 valence electrons. The van der Waals surface area contributed by atoms with Gasteiger partial charge in [0.1, 0.15) is 5.83 Å². The van der Waals surface area contributed by atoms with Gasteiger partial charge in [-0.3, -0.25) is 24.0 Å². The quantitative estimate of drug-likeness (QED) is 0.0174. The van der Waals surface area contributed by atoms with Crippen molar-refractivity contribution in [1.29, 1.82) is 0 Å². The number of fused-ring (bicyclic) bond motifs is 3. The monoisotopic (exact) mass is 1270 g/mol. The van der Waals surface area contributed by atoms with Crippen molar-refractivity contribution in [2.24, 2.45) is 0 Å². The van der Waals surface area contributed by atoms with Crippen LogP contribution >= 0.6 is 23.5 Å². The lowest BCUT2D eigenvalue weighted by Gasteiger charge is -2.16. The smallest absolute Gasteiger partial charge is 0.404 e. The molecule has 88 heavy (non-hydrogen) atoms. The van der Waals surface area contributed by atoms with Crippen LogP contribution in [0.25, 0.3) is 22.0 Å². The van der Waals surface area contributed by atoms with Gasteiger partial charge in [0.15, 0.2) is 0 Å². The number of nitrogens with one attached hydrogen (secondary N) is 10. The lowest BCUT2D eigenvalue weighted by Crippen LogP contribution is -2.36. The zero-order chi connectivity index (χ0) is 62.9. The molecule has 0 saturated carbocycles. The van der Waals surface area contributed by atoms with Crippen LogP contribution in [0.15, 0.2) is 77.5 Å². The molecule has 11 N–H and O–H groups in total. The molecule has 4 aliphatic heterocycles. The van der Waals surface area contributed by atoms with Crippen molar-refractivity contribution in [2.45, 2.75) is 143 Å². The number of carboxylic acid groups (broad SMARTS) is 1. The van der Waals surface area contributed by atoms with E-state index in [4.69, 9.17) is 5.11 Å². The molecule has 4 aliphatic rings. The Bertz CT molecular complexity index is 3260. The summed E-state index contributed by atoms with van der Waals surface area (Å²) in [5, 5.41) is 38.9. The van der Waals surface area contributed by atoms with Gasteiger partial charge in [-0.05, 0) is 131 Å². The van der Waals surface area contributed by atoms with Gasteiger partial charge in [-0.25, -0.2) is 31.5 Å². The lowest BCUT2D eigenvalue weighted by molar-refractivity contribution is -0.122. The van der Waals surface area contributed by atoms with Gasteiger partial charge in [0.2, 0.25) is 21.8 Å². The molecule has 8 rings (SSSR count). The van der Waals surface area contributed by atoms with Crippen molar-refractivity contribution >= 4 is 97.8 Å². The second kappa shape index (κ2) is 31.7. The fourth-order valence-electron chi connectivity index (χ4n) is 11.5. The molecule has 0 bridgehead atoms. The van der Waals surface area contributed by atoms with Crippen molar-refractivity contribution in [2.75, 3.05) is 63.6 Å². The largest absolute Gasteiger partial charge is 0.465 e. The first kappa shape index (κ1) is 66.6. The number of anilines is 1. The molecular formula is C61H81FN12O11S3. The second-order valence-corrected chi connectivity index (χ2v) is 27.4. The maximum atomic E-state index is 15.5. The number of hydrogen-bond donors (Lipinski definition) is 11. The molecule has 4 fully saturated rings. The summed E-state index contributed by atoms with van der Waals surface area (Å²) in [5.41, 5.74) is 2.51. The van der Waals surface area contributed by atoms with Gasteiger partial charge in [0.25, 0.3) is 17.7 Å². The van der Waals surface area contributed by atoms with E-state index in [1.165, 1.54) is 50.5 Å². The molecule has 27 heteroatoms. The first-order chi connectivity index (χ1) is 42.2. The number of rotatable bonds is 33. The van der Waals surface area contributed by atoms with Gasteiger partial charge < -0.3 is 62.8 Å². The topological polar surface area (TPSA) is 319 Å². The first-order valence-electron chi connectivity index (χ1n) is 30.2. The van der Waals surface area contributed by atoms with E-state index in [9.17, 15) is 46.8 Å². The Morgan fingerprint density at radius 1 is 0.659 bits per heavy atom. The molecule has 23 nitrogen and oxygen atoms in total. The van der Waals surface area contributed by atoms with Crippen LogP contribution in [0.5, 0.6) is 0 Å². The first-order valence-corrected chi connectivity index (χ1v) is 33.7. The number of amides is 10. The van der Waals surface area contributed by atoms with E-state index in [-0.39, 0.29) is 88.4 Å². The standard InChI is InChI=1S/C61H81FN12O11S3/c1-37-53(38-15-14-16-44(32-38)88(84,85)73(2)3)45-33-39(21-22-48(45)74(37)34-42(62)23-28-67-61(82)83)58(79)68-43-30-40(56(77)65-26-12-4-10-24-63-51(75)19-8-6-17-49-54-46(35-86-49)69-59(80)71-54)29-41(31-43)57(78)66-27-13-5-11-25-64-52(76)20-9-7-18-50-55-47(36-87-50)70-60(81)72-55/h14-16,21-23,29-33,46-47,49-50,54-55,67H,4-13,17-20,24-28,34-36H2,1-3H3,(H,63,75)(H,64,76)(H,65,77)(H,66,78)(H,68,79)(H,82,83)(H2,69,71,80)(H2,70,72,81)/b42-23-. The van der Waals surface area contributed by atoms with Gasteiger partial charge in [0.05, 0.1) is 35.6 Å². The van der Waals surface area contributed by atoms with Gasteiger partial charge >= 0.3 is 18.2 Å². The molecule has 10 amide bonds. The Morgan fingerprint density at radius 3 is 1.74 bits per heavy atom. The van der Waals surface area contributed by atoms with Crippen molar-refractivity contribution < 1.29 is 56.3 Å². The molecule has 6 atom stereocenters. The minimum absolute atomic E-state index is 0.00696. The predicted octanol–water partition coefficient (Wildman–Crippen LogP) is 6.72. The number of hydrogen-bond acceptors (Lipinski definition) is 12. The molecule has 0 aliphatic carbocycles. The van der Waals surface area contributed by atoms with Gasteiger partial charge in [-0.15, -0.1) is 0 Å². The van der Waals surface area contributed by atoms with Gasteiger partial charge in [-0.1, -0.05) is 25.0 Å². The van der Waals surface area contributed by atoms with Crippen LogP contribution in [0, 0.1) is 6.92 Å². The number of thioether (sulfide) groups is 2. The number of urea groups is 2. The van der Waals surface area contributed by atoms with Crippen molar-refractivity contribution in [3.8, 4) is 11.1 Å². The average molecular weight is 1270 g/mol. The molecule has 0 radical (unpaired) electrons. The number of nitrogens with zero attached hydrogens (tertiary/aromatic N) is 2. The third kappa shape index (κ3) is 18.1. The Kier molecular flexibility index (Phi) is 24.0. The van der Waals surface area contributed by atoms with E-state index >= 15 is 4.39 Å². The Hall–Kier alpha value is -7.36. The SMILES string of the molecule is Cc1c(-c2cccc(S(=O)(=O)N(C)C)c2)c2cc(C(=O)Nc3cc(C(=O)NCCCCCNC(=O)CCCCC4SCC5NC(=O)NC54)cc(C(=O)NCCCCCNC(=O)CCCCC4SCC5NC(=O)NC54)c3)ccc2n1C/C(F)=C/CNC(=O)O. The van der Waals surface area contributed by atoms with Crippen LogP contribution in [-0.4, -0.2) is 163 Å². The van der Waals surface area contributed by atoms with E-state index in [1.807, 2.05) is 23.5 Å². The van der Waals surface area contributed by atoms with Crippen LogP contribution in [0.1, 0.15) is 127 Å². The maximum absolute atomic E-state index is 15.5. The highest BCUT2D eigenvalue weighted by atomic mass is 32.2. The molecule has 4 aromatic rings. The van der Waals surface area contributed by atoms with Crippen LogP contribution < -0.4 is 53.2 Å². The van der Waals surface area contributed by atoms with E-state index in [0.717, 1.165) is 60.4 Å². The van der Waals surface area contributed by atoms with E-state index in [0.29, 0.717) is 116 Å². The summed E-state index contributed by atoms with van der Waals surface area (Å²) in [7, 11) is -1.05. The molecular weight excluding hydrogens is 1190 g/mol. The summed E-state index contributed by atoms with van der Waals surface area (Å²) in [6.45, 7) is 2.72. The summed E-state index contributed by atoms with van der Waals surface area (Å²) >= 11 is 3.71. The van der Waals surface area contributed by atoms with Crippen LogP contribution in [0.4, 0.5) is 24.5 Å². The summed E-state index contributed by atoms with van der Waals surface area (Å²) < 4.78 is 44.8. The number of allylic oxidation sites excluding steroid dienone is 1. The van der Waals surface area contributed by atoms with E-state index in [1.54, 1.807) is 35.8 Å². The fraction of sp³-hybridized carbons (Fsp3) is 0.508. The van der Waals surface area contributed by atoms with Crippen molar-refractivity contribution in [3.05, 3.63) is 95.0 Å². The fourth-order valence-corrected chi connectivity index (χ4v) is 15.5. The molecule has 0 spiro atoms. The highest BCUT2D eigenvalue weighted by molar-refractivity contribution is 8.00. The average Bonchev–Trinajstić information content (AvgIpc) is 1.84. The number of benzene rings is 3. The lowest BCUT2D eigenvalue weighted by atomic mass is 10.0. The predicted molar refractivity (Wildman–Crippen MR) is 339 cm³/mol. The highest BCUT2D eigenvalue weighted by Gasteiger charge is 2.43. The normalized spacial score (nSPS) is 19.5. The Morgan fingerprint density at radius 2 is 1.20 bits per heavy atom. The molecule has 3 aromatic carbocycles. The van der Waals surface area contributed by atoms with Crippen LogP contribution in [0.3, 0.4) is 0 Å². The molecule has 6 unspecified atom stereocenters. The molecule has 4 saturated heterocycles. The Labute approximate surface area is 520 Å². The van der Waals surface area contributed by atoms with Gasteiger partial charge in [-0.2, -0.15) is 23.5 Å². The minimum Gasteiger partial charge on any atom is -0.465 e. The number of aromatic nitrogens is 1. The number of carbonyl (C=O) groups is 8. The summed E-state index contributed by atoms with van der Waals surface area (Å²) in [4.78, 5) is 102. The molecule has 1 aromatic heterocycles.